The van der Waals surface area contributed by atoms with E-state index in [1.807, 2.05) is 24.3 Å². The van der Waals surface area contributed by atoms with Gasteiger partial charge in [0, 0.05) is 43.9 Å². The normalized spacial score (nSPS) is 14.6. The summed E-state index contributed by atoms with van der Waals surface area (Å²) in [6.07, 6.45) is 1.14. The van der Waals surface area contributed by atoms with Crippen molar-refractivity contribution in [2.75, 3.05) is 55.3 Å². The Morgan fingerprint density at radius 2 is 1.76 bits per heavy atom. The van der Waals surface area contributed by atoms with Gasteiger partial charge in [0.2, 0.25) is 10.0 Å². The summed E-state index contributed by atoms with van der Waals surface area (Å²) >= 11 is 6.05. The number of rotatable bonds is 6. The van der Waals surface area contributed by atoms with Crippen molar-refractivity contribution >= 4 is 38.9 Å². The van der Waals surface area contributed by atoms with Gasteiger partial charge in [0.05, 0.1) is 11.9 Å². The first-order chi connectivity index (χ1) is 13.7. The Balaban J connectivity index is 1.49. The largest absolute Gasteiger partial charge is 0.484 e. The van der Waals surface area contributed by atoms with Gasteiger partial charge >= 0.3 is 0 Å². The number of amides is 1. The fourth-order valence-corrected chi connectivity index (χ4v) is 3.76. The minimum atomic E-state index is -3.32. The predicted octanol–water partition coefficient (Wildman–Crippen LogP) is 2.46. The van der Waals surface area contributed by atoms with Crippen LogP contribution in [0, 0.1) is 0 Å². The minimum absolute atomic E-state index is 0.0571. The third-order valence-electron chi connectivity index (χ3n) is 4.87. The molecule has 9 heteroatoms. The number of benzene rings is 2. The summed E-state index contributed by atoms with van der Waals surface area (Å²) in [5, 5.41) is 0.697. The highest BCUT2D eigenvalue weighted by Gasteiger charge is 2.22. The Morgan fingerprint density at radius 1 is 1.10 bits per heavy atom. The van der Waals surface area contributed by atoms with Crippen LogP contribution in [-0.2, 0) is 14.8 Å². The van der Waals surface area contributed by atoms with Crippen LogP contribution >= 0.6 is 11.6 Å². The van der Waals surface area contributed by atoms with Crippen LogP contribution < -0.4 is 13.9 Å². The maximum absolute atomic E-state index is 12.4. The van der Waals surface area contributed by atoms with Gasteiger partial charge in [-0.2, -0.15) is 0 Å². The molecular formula is C20H24ClN3O4S. The van der Waals surface area contributed by atoms with E-state index >= 15 is 0 Å². The van der Waals surface area contributed by atoms with Crippen LogP contribution in [0.25, 0.3) is 0 Å². The van der Waals surface area contributed by atoms with Gasteiger partial charge < -0.3 is 14.5 Å². The summed E-state index contributed by atoms with van der Waals surface area (Å²) in [5.74, 6) is 0.439. The fourth-order valence-electron chi connectivity index (χ4n) is 3.07. The first-order valence-corrected chi connectivity index (χ1v) is 11.4. The molecule has 2 aromatic carbocycles. The lowest BCUT2D eigenvalue weighted by molar-refractivity contribution is -0.133. The highest BCUT2D eigenvalue weighted by Crippen LogP contribution is 2.22. The van der Waals surface area contributed by atoms with Crippen molar-refractivity contribution in [3.63, 3.8) is 0 Å². The molecule has 0 unspecified atom stereocenters. The molecule has 0 atom stereocenters. The predicted molar refractivity (Wildman–Crippen MR) is 115 cm³/mol. The smallest absolute Gasteiger partial charge is 0.260 e. The van der Waals surface area contributed by atoms with Gasteiger partial charge in [0.15, 0.2) is 6.61 Å². The van der Waals surface area contributed by atoms with Gasteiger partial charge in [-0.15, -0.1) is 0 Å². The maximum atomic E-state index is 12.4. The van der Waals surface area contributed by atoms with E-state index in [-0.39, 0.29) is 12.5 Å². The summed E-state index contributed by atoms with van der Waals surface area (Å²) in [5.41, 5.74) is 1.59. The van der Waals surface area contributed by atoms with Crippen LogP contribution in [0.5, 0.6) is 5.75 Å². The number of hydrogen-bond donors (Lipinski definition) is 0. The molecule has 0 saturated carbocycles. The van der Waals surface area contributed by atoms with Crippen LogP contribution in [-0.4, -0.2) is 65.3 Å². The van der Waals surface area contributed by atoms with Crippen molar-refractivity contribution in [3.8, 4) is 5.75 Å². The Hall–Kier alpha value is -2.45. The second-order valence-electron chi connectivity index (χ2n) is 6.86. The molecule has 2 aromatic rings. The second-order valence-corrected chi connectivity index (χ2v) is 9.31. The zero-order valence-corrected chi connectivity index (χ0v) is 18.0. The molecule has 29 heavy (non-hydrogen) atoms. The van der Waals surface area contributed by atoms with Crippen LogP contribution in [0.3, 0.4) is 0 Å². The van der Waals surface area contributed by atoms with Crippen molar-refractivity contribution < 1.29 is 17.9 Å². The van der Waals surface area contributed by atoms with E-state index in [1.54, 1.807) is 29.2 Å². The Morgan fingerprint density at radius 3 is 2.34 bits per heavy atom. The first kappa shape index (κ1) is 21.3. The minimum Gasteiger partial charge on any atom is -0.484 e. The number of halogens is 1. The molecule has 3 rings (SSSR count). The number of carbonyl (C=O) groups excluding carboxylic acids is 1. The molecule has 0 radical (unpaired) electrons. The quantitative estimate of drug-likeness (QED) is 0.694. The molecule has 1 heterocycles. The van der Waals surface area contributed by atoms with E-state index in [4.69, 9.17) is 16.3 Å². The lowest BCUT2D eigenvalue weighted by atomic mass is 10.2. The number of sulfonamides is 1. The average Bonchev–Trinajstić information content (AvgIpc) is 2.71. The van der Waals surface area contributed by atoms with Crippen molar-refractivity contribution in [2.45, 2.75) is 0 Å². The number of anilines is 2. The molecule has 1 fully saturated rings. The molecule has 1 aliphatic rings. The molecule has 0 bridgehead atoms. The molecule has 0 aromatic heterocycles. The van der Waals surface area contributed by atoms with Gasteiger partial charge in [-0.3, -0.25) is 9.10 Å². The number of hydrogen-bond acceptors (Lipinski definition) is 5. The number of nitrogens with zero attached hydrogens (tertiary/aromatic N) is 3. The molecule has 0 aliphatic carbocycles. The van der Waals surface area contributed by atoms with Gasteiger partial charge in [-0.05, 0) is 42.5 Å². The average molecular weight is 438 g/mol. The van der Waals surface area contributed by atoms with Crippen molar-refractivity contribution in [3.05, 3.63) is 53.6 Å². The number of piperazine rings is 1. The highest BCUT2D eigenvalue weighted by atomic mass is 35.5. The maximum Gasteiger partial charge on any atom is 0.260 e. The zero-order valence-electron chi connectivity index (χ0n) is 16.4. The lowest BCUT2D eigenvalue weighted by Crippen LogP contribution is -2.50. The molecule has 156 valence electrons. The zero-order chi connectivity index (χ0) is 21.0. The lowest BCUT2D eigenvalue weighted by Gasteiger charge is -2.36. The highest BCUT2D eigenvalue weighted by molar-refractivity contribution is 7.92. The van der Waals surface area contributed by atoms with Gasteiger partial charge in [-0.1, -0.05) is 17.7 Å². The Bertz CT molecular complexity index is 958. The summed E-state index contributed by atoms with van der Waals surface area (Å²) in [6.45, 7) is 2.65. The van der Waals surface area contributed by atoms with Crippen molar-refractivity contribution in [1.29, 1.82) is 0 Å². The van der Waals surface area contributed by atoms with Gasteiger partial charge in [0.25, 0.3) is 5.91 Å². The third kappa shape index (κ3) is 5.55. The number of carbonyl (C=O) groups is 1. The van der Waals surface area contributed by atoms with Crippen LogP contribution in [0.2, 0.25) is 5.02 Å². The fraction of sp³-hybridized carbons (Fsp3) is 0.350. The number of ether oxygens (including phenoxy) is 1. The Labute approximate surface area is 176 Å². The summed E-state index contributed by atoms with van der Waals surface area (Å²) in [7, 11) is -1.83. The molecule has 7 nitrogen and oxygen atoms in total. The molecule has 0 spiro atoms. The molecule has 1 aliphatic heterocycles. The van der Waals surface area contributed by atoms with Crippen molar-refractivity contribution in [1.82, 2.24) is 4.90 Å². The van der Waals surface area contributed by atoms with E-state index in [1.165, 1.54) is 11.4 Å². The summed E-state index contributed by atoms with van der Waals surface area (Å²) in [6, 6.07) is 14.3. The van der Waals surface area contributed by atoms with Crippen LogP contribution in [0.15, 0.2) is 48.5 Å². The first-order valence-electron chi connectivity index (χ1n) is 9.19. The van der Waals surface area contributed by atoms with Crippen molar-refractivity contribution in [2.24, 2.45) is 0 Å². The van der Waals surface area contributed by atoms with E-state index in [9.17, 15) is 13.2 Å². The standard InChI is InChI=1S/C20H24ClN3O4S/c1-22(29(2,26)27)17-6-8-19(9-7-17)28-15-20(25)24-12-10-23(11-13-24)18-5-3-4-16(21)14-18/h3-9,14H,10-13,15H2,1-2H3. The third-order valence-corrected chi connectivity index (χ3v) is 6.31. The molecule has 0 N–H and O–H groups in total. The van der Waals surface area contributed by atoms with Gasteiger partial charge in [-0.25, -0.2) is 8.42 Å². The van der Waals surface area contributed by atoms with E-state index in [0.717, 1.165) is 25.0 Å². The SMILES string of the molecule is CN(c1ccc(OCC(=O)N2CCN(c3cccc(Cl)c3)CC2)cc1)S(C)(=O)=O. The van der Waals surface area contributed by atoms with E-state index in [0.29, 0.717) is 29.5 Å². The Kier molecular flexibility index (Phi) is 6.54. The molecule has 1 amide bonds. The topological polar surface area (TPSA) is 70.2 Å². The van der Waals surface area contributed by atoms with Crippen LogP contribution in [0.4, 0.5) is 11.4 Å². The summed E-state index contributed by atoms with van der Waals surface area (Å²) in [4.78, 5) is 16.4. The van der Waals surface area contributed by atoms with Gasteiger partial charge in [0.1, 0.15) is 5.75 Å². The monoisotopic (exact) mass is 437 g/mol. The van der Waals surface area contributed by atoms with E-state index < -0.39 is 10.0 Å². The second kappa shape index (κ2) is 8.92. The van der Waals surface area contributed by atoms with E-state index in [2.05, 4.69) is 4.90 Å². The molecular weight excluding hydrogens is 414 g/mol. The summed E-state index contributed by atoms with van der Waals surface area (Å²) < 4.78 is 29.9. The van der Waals surface area contributed by atoms with Crippen LogP contribution in [0.1, 0.15) is 0 Å². The molecule has 1 saturated heterocycles.